The van der Waals surface area contributed by atoms with E-state index in [0.717, 1.165) is 10.8 Å². The van der Waals surface area contributed by atoms with E-state index in [1.807, 2.05) is 36.2 Å². The van der Waals surface area contributed by atoms with Crippen molar-refractivity contribution in [2.75, 3.05) is 33.3 Å². The van der Waals surface area contributed by atoms with Gasteiger partial charge in [-0.2, -0.15) is 0 Å². The predicted molar refractivity (Wildman–Crippen MR) is 83.9 cm³/mol. The van der Waals surface area contributed by atoms with Crippen LogP contribution in [0.2, 0.25) is 0 Å². The molecule has 2 amide bonds. The summed E-state index contributed by atoms with van der Waals surface area (Å²) in [5, 5.41) is 10.6. The van der Waals surface area contributed by atoms with Crippen molar-refractivity contribution in [1.29, 1.82) is 0 Å². The van der Waals surface area contributed by atoms with Gasteiger partial charge in [0.05, 0.1) is 6.61 Å². The van der Waals surface area contributed by atoms with Crippen molar-refractivity contribution >= 4 is 22.6 Å². The zero-order chi connectivity index (χ0) is 15.7. The Hall–Kier alpha value is -2.24. The standard InChI is InChI=1S/C17H18N2O3/c1-18(10-11-20)8-9-19-16(21)13-6-2-4-12-5-3-7-14(15(12)13)17(19)22/h2-7,20H,8-11H2,1H3. The number of nitrogens with zero attached hydrogens (tertiary/aromatic N) is 2. The summed E-state index contributed by atoms with van der Waals surface area (Å²) in [5.74, 6) is -0.488. The van der Waals surface area contributed by atoms with Crippen LogP contribution in [0.1, 0.15) is 20.7 Å². The maximum absolute atomic E-state index is 12.6. The maximum atomic E-state index is 12.6. The van der Waals surface area contributed by atoms with Crippen molar-refractivity contribution in [3.05, 3.63) is 47.5 Å². The monoisotopic (exact) mass is 298 g/mol. The van der Waals surface area contributed by atoms with Gasteiger partial charge in [0.25, 0.3) is 11.8 Å². The molecule has 5 nitrogen and oxygen atoms in total. The van der Waals surface area contributed by atoms with Gasteiger partial charge in [-0.05, 0) is 24.6 Å². The molecule has 0 atom stereocenters. The third kappa shape index (κ3) is 2.38. The number of carbonyl (C=O) groups is 2. The summed E-state index contributed by atoms with van der Waals surface area (Å²) < 4.78 is 0. The minimum absolute atomic E-state index is 0.0561. The van der Waals surface area contributed by atoms with E-state index in [1.165, 1.54) is 4.90 Å². The van der Waals surface area contributed by atoms with Crippen LogP contribution in [0.5, 0.6) is 0 Å². The molecule has 0 aliphatic carbocycles. The molecule has 0 unspecified atom stereocenters. The van der Waals surface area contributed by atoms with E-state index in [2.05, 4.69) is 0 Å². The number of hydrogen-bond donors (Lipinski definition) is 1. The van der Waals surface area contributed by atoms with Gasteiger partial charge in [0.15, 0.2) is 0 Å². The fourth-order valence-electron chi connectivity index (χ4n) is 2.84. The molecule has 5 heteroatoms. The molecule has 1 N–H and O–H groups in total. The maximum Gasteiger partial charge on any atom is 0.261 e. The van der Waals surface area contributed by atoms with Crippen LogP contribution in [0.4, 0.5) is 0 Å². The van der Waals surface area contributed by atoms with Gasteiger partial charge in [-0.15, -0.1) is 0 Å². The fourth-order valence-corrected chi connectivity index (χ4v) is 2.84. The Morgan fingerprint density at radius 2 is 1.59 bits per heavy atom. The third-order valence-electron chi connectivity index (χ3n) is 4.04. The number of aliphatic hydroxyl groups is 1. The highest BCUT2D eigenvalue weighted by molar-refractivity contribution is 6.25. The minimum atomic E-state index is -0.244. The number of hydrogen-bond acceptors (Lipinski definition) is 4. The molecule has 1 aliphatic rings. The molecule has 0 radical (unpaired) electrons. The van der Waals surface area contributed by atoms with Crippen LogP contribution < -0.4 is 0 Å². The van der Waals surface area contributed by atoms with E-state index in [4.69, 9.17) is 5.11 Å². The molecule has 3 rings (SSSR count). The van der Waals surface area contributed by atoms with Gasteiger partial charge >= 0.3 is 0 Å². The summed E-state index contributed by atoms with van der Waals surface area (Å²) in [5.41, 5.74) is 1.16. The quantitative estimate of drug-likeness (QED) is 0.847. The smallest absolute Gasteiger partial charge is 0.261 e. The van der Waals surface area contributed by atoms with E-state index < -0.39 is 0 Å². The number of likely N-dealkylation sites (N-methyl/N-ethyl adjacent to an activating group) is 1. The fraction of sp³-hybridized carbons (Fsp3) is 0.294. The lowest BCUT2D eigenvalue weighted by molar-refractivity contribution is 0.0595. The van der Waals surface area contributed by atoms with E-state index in [1.54, 1.807) is 12.1 Å². The van der Waals surface area contributed by atoms with Crippen LogP contribution in [-0.2, 0) is 0 Å². The van der Waals surface area contributed by atoms with Crippen molar-refractivity contribution in [1.82, 2.24) is 9.80 Å². The van der Waals surface area contributed by atoms with Crippen LogP contribution in [0.25, 0.3) is 10.8 Å². The second kappa shape index (κ2) is 5.87. The van der Waals surface area contributed by atoms with E-state index >= 15 is 0 Å². The van der Waals surface area contributed by atoms with Crippen molar-refractivity contribution < 1.29 is 14.7 Å². The van der Waals surface area contributed by atoms with Gasteiger partial charge in [-0.3, -0.25) is 14.5 Å². The zero-order valence-corrected chi connectivity index (χ0v) is 12.5. The topological polar surface area (TPSA) is 60.9 Å². The van der Waals surface area contributed by atoms with Gasteiger partial charge in [0.1, 0.15) is 0 Å². The van der Waals surface area contributed by atoms with Crippen LogP contribution in [0.3, 0.4) is 0 Å². The molecule has 2 aromatic carbocycles. The Morgan fingerprint density at radius 3 is 2.14 bits per heavy atom. The van der Waals surface area contributed by atoms with Crippen molar-refractivity contribution in [3.63, 3.8) is 0 Å². The largest absolute Gasteiger partial charge is 0.395 e. The molecule has 0 spiro atoms. The zero-order valence-electron chi connectivity index (χ0n) is 12.5. The molecular formula is C17H18N2O3. The molecule has 0 saturated heterocycles. The number of amides is 2. The molecule has 0 fully saturated rings. The number of aliphatic hydroxyl groups excluding tert-OH is 1. The molecule has 0 saturated carbocycles. The highest BCUT2D eigenvalue weighted by atomic mass is 16.3. The summed E-state index contributed by atoms with van der Waals surface area (Å²) in [4.78, 5) is 28.4. The van der Waals surface area contributed by atoms with Crippen molar-refractivity contribution in [2.24, 2.45) is 0 Å². The highest BCUT2D eigenvalue weighted by Gasteiger charge is 2.32. The summed E-state index contributed by atoms with van der Waals surface area (Å²) in [6.07, 6.45) is 0. The molecular weight excluding hydrogens is 280 g/mol. The molecule has 2 aromatic rings. The summed E-state index contributed by atoms with van der Waals surface area (Å²) in [6.45, 7) is 1.43. The van der Waals surface area contributed by atoms with Gasteiger partial charge in [0, 0.05) is 36.1 Å². The Labute approximate surface area is 128 Å². The van der Waals surface area contributed by atoms with Crippen LogP contribution >= 0.6 is 0 Å². The number of benzene rings is 2. The van der Waals surface area contributed by atoms with Crippen LogP contribution in [0.15, 0.2) is 36.4 Å². The third-order valence-corrected chi connectivity index (χ3v) is 4.04. The van der Waals surface area contributed by atoms with Gasteiger partial charge < -0.3 is 10.0 Å². The molecule has 1 aliphatic heterocycles. The van der Waals surface area contributed by atoms with Crippen LogP contribution in [-0.4, -0.2) is 60.0 Å². The summed E-state index contributed by atoms with van der Waals surface area (Å²) in [6, 6.07) is 11.0. The van der Waals surface area contributed by atoms with E-state index in [-0.39, 0.29) is 18.4 Å². The lowest BCUT2D eigenvalue weighted by Gasteiger charge is -2.28. The second-order valence-electron chi connectivity index (χ2n) is 5.50. The minimum Gasteiger partial charge on any atom is -0.395 e. The first-order valence-electron chi connectivity index (χ1n) is 7.31. The first kappa shape index (κ1) is 14.7. The molecule has 0 bridgehead atoms. The number of carbonyl (C=O) groups excluding carboxylic acids is 2. The second-order valence-corrected chi connectivity index (χ2v) is 5.50. The normalized spacial score (nSPS) is 14.2. The van der Waals surface area contributed by atoms with Gasteiger partial charge in [0.2, 0.25) is 0 Å². The highest BCUT2D eigenvalue weighted by Crippen LogP contribution is 2.29. The molecule has 0 aromatic heterocycles. The van der Waals surface area contributed by atoms with Crippen molar-refractivity contribution in [3.8, 4) is 0 Å². The predicted octanol–water partition coefficient (Wildman–Crippen LogP) is 1.36. The van der Waals surface area contributed by atoms with E-state index in [0.29, 0.717) is 30.8 Å². The summed E-state index contributed by atoms with van der Waals surface area (Å²) in [7, 11) is 1.85. The first-order valence-corrected chi connectivity index (χ1v) is 7.31. The first-order chi connectivity index (χ1) is 10.6. The van der Waals surface area contributed by atoms with Gasteiger partial charge in [-0.25, -0.2) is 0 Å². The average molecular weight is 298 g/mol. The summed E-state index contributed by atoms with van der Waals surface area (Å²) >= 11 is 0. The number of rotatable bonds is 5. The Balaban J connectivity index is 1.94. The molecule has 114 valence electrons. The van der Waals surface area contributed by atoms with Crippen molar-refractivity contribution in [2.45, 2.75) is 0 Å². The van der Waals surface area contributed by atoms with E-state index in [9.17, 15) is 9.59 Å². The average Bonchev–Trinajstić information content (AvgIpc) is 2.52. The Morgan fingerprint density at radius 1 is 1.00 bits per heavy atom. The lowest BCUT2D eigenvalue weighted by Crippen LogP contribution is -2.44. The molecule has 22 heavy (non-hydrogen) atoms. The SMILES string of the molecule is CN(CCO)CCN1C(=O)c2cccc3cccc(c23)C1=O. The Bertz CT molecular complexity index is 691. The Kier molecular flexibility index (Phi) is 3.92. The lowest BCUT2D eigenvalue weighted by atomic mass is 9.94. The number of imide groups is 1. The molecule has 1 heterocycles. The van der Waals surface area contributed by atoms with Crippen LogP contribution in [0, 0.1) is 0 Å². The van der Waals surface area contributed by atoms with Gasteiger partial charge in [-0.1, -0.05) is 24.3 Å².